The Balaban J connectivity index is 1.22. The van der Waals surface area contributed by atoms with Crippen LogP contribution in [0.5, 0.6) is 0 Å². The van der Waals surface area contributed by atoms with E-state index in [-0.39, 0.29) is 17.5 Å². The van der Waals surface area contributed by atoms with Gasteiger partial charge in [-0.15, -0.1) is 0 Å². The van der Waals surface area contributed by atoms with E-state index in [1.54, 1.807) is 0 Å². The molecular weight excluding hydrogens is 324 g/mol. The first-order chi connectivity index (χ1) is 12.8. The van der Waals surface area contributed by atoms with E-state index in [0.717, 1.165) is 44.0 Å². The topological polar surface area (TPSA) is 48.5 Å². The third-order valence-corrected chi connectivity index (χ3v) is 6.12. The van der Waals surface area contributed by atoms with Crippen LogP contribution >= 0.6 is 0 Å². The highest BCUT2D eigenvalue weighted by Crippen LogP contribution is 2.56. The van der Waals surface area contributed by atoms with E-state index in [2.05, 4.69) is 39.5 Å². The molecule has 1 saturated heterocycles. The van der Waals surface area contributed by atoms with Crippen molar-refractivity contribution in [2.75, 3.05) is 29.4 Å². The predicted octanol–water partition coefficient (Wildman–Crippen LogP) is 3.31. The van der Waals surface area contributed by atoms with Crippen molar-refractivity contribution in [1.29, 1.82) is 0 Å². The summed E-state index contributed by atoms with van der Waals surface area (Å²) in [6.45, 7) is 2.70. The van der Waals surface area contributed by atoms with Crippen molar-refractivity contribution in [1.82, 2.24) is 10.3 Å². The predicted molar refractivity (Wildman–Crippen MR) is 103 cm³/mol. The molecule has 134 valence electrons. The van der Waals surface area contributed by atoms with Crippen LogP contribution in [-0.4, -0.2) is 36.7 Å². The smallest absolute Gasteiger partial charge is 0.322 e. The number of amides is 2. The standard InChI is InChI=1S/C21H24N4O/c26-20(25-15-21(10-11-21)17-5-1-2-6-18(17)25)23-16-8-13-24(14-9-16)19-7-3-4-12-22-19/h1-7,12,16H,8-11,13-15H2,(H,23,26). The SMILES string of the molecule is O=C(NC1CCN(c2ccccn2)CC1)N1CC2(CC2)c2ccccc21. The minimum Gasteiger partial charge on any atom is -0.356 e. The number of carbonyl (C=O) groups excluding carboxylic acids is 1. The van der Waals surface area contributed by atoms with Crippen molar-refractivity contribution >= 4 is 17.5 Å². The normalized spacial score (nSPS) is 20.9. The maximum Gasteiger partial charge on any atom is 0.322 e. The molecule has 5 rings (SSSR count). The Bertz CT molecular complexity index is 810. The quantitative estimate of drug-likeness (QED) is 0.906. The van der Waals surface area contributed by atoms with Crippen LogP contribution in [0.15, 0.2) is 48.7 Å². The highest BCUT2D eigenvalue weighted by Gasteiger charge is 2.52. The second-order valence-corrected chi connectivity index (χ2v) is 7.78. The lowest BCUT2D eigenvalue weighted by molar-refractivity contribution is 0.240. The third kappa shape index (κ3) is 2.62. The van der Waals surface area contributed by atoms with Crippen LogP contribution in [0.1, 0.15) is 31.2 Å². The van der Waals surface area contributed by atoms with Gasteiger partial charge in [-0.05, 0) is 49.4 Å². The maximum absolute atomic E-state index is 12.9. The van der Waals surface area contributed by atoms with Crippen molar-refractivity contribution in [3.8, 4) is 0 Å². The summed E-state index contributed by atoms with van der Waals surface area (Å²) in [4.78, 5) is 21.6. The van der Waals surface area contributed by atoms with Gasteiger partial charge in [-0.3, -0.25) is 4.90 Å². The Kier molecular flexibility index (Phi) is 3.62. The molecule has 5 heteroatoms. The fraction of sp³-hybridized carbons (Fsp3) is 0.429. The summed E-state index contributed by atoms with van der Waals surface area (Å²) < 4.78 is 0. The molecule has 1 aliphatic carbocycles. The molecule has 2 aromatic rings. The molecule has 1 aromatic heterocycles. The van der Waals surface area contributed by atoms with Gasteiger partial charge in [0.15, 0.2) is 0 Å². The number of hydrogen-bond acceptors (Lipinski definition) is 3. The number of benzene rings is 1. The molecule has 0 unspecified atom stereocenters. The Labute approximate surface area is 154 Å². The molecule has 3 heterocycles. The minimum absolute atomic E-state index is 0.0671. The molecule has 1 saturated carbocycles. The molecular formula is C21H24N4O. The first-order valence-electron chi connectivity index (χ1n) is 9.59. The summed E-state index contributed by atoms with van der Waals surface area (Å²) in [5, 5.41) is 3.28. The summed E-state index contributed by atoms with van der Waals surface area (Å²) >= 11 is 0. The number of anilines is 2. The van der Waals surface area contributed by atoms with Crippen molar-refractivity contribution in [3.05, 3.63) is 54.2 Å². The summed E-state index contributed by atoms with van der Waals surface area (Å²) in [5.74, 6) is 1.03. The number of nitrogens with zero attached hydrogens (tertiary/aromatic N) is 3. The van der Waals surface area contributed by atoms with Crippen LogP contribution in [0.4, 0.5) is 16.3 Å². The van der Waals surface area contributed by atoms with Crippen LogP contribution < -0.4 is 15.1 Å². The van der Waals surface area contributed by atoms with Crippen LogP contribution in [0, 0.1) is 0 Å². The zero-order valence-electron chi connectivity index (χ0n) is 14.9. The van der Waals surface area contributed by atoms with Gasteiger partial charge in [0.05, 0.1) is 0 Å². The zero-order chi connectivity index (χ0) is 17.6. The van der Waals surface area contributed by atoms with Crippen molar-refractivity contribution in [3.63, 3.8) is 0 Å². The second-order valence-electron chi connectivity index (χ2n) is 7.78. The molecule has 1 N–H and O–H groups in total. The van der Waals surface area contributed by atoms with Gasteiger partial charge in [-0.25, -0.2) is 9.78 Å². The number of rotatable bonds is 2. The van der Waals surface area contributed by atoms with E-state index in [9.17, 15) is 4.79 Å². The van der Waals surface area contributed by atoms with Gasteiger partial charge in [-0.2, -0.15) is 0 Å². The molecule has 1 aromatic carbocycles. The number of carbonyl (C=O) groups is 1. The number of nitrogens with one attached hydrogen (secondary N) is 1. The first kappa shape index (κ1) is 15.7. The van der Waals surface area contributed by atoms with E-state index >= 15 is 0 Å². The zero-order valence-corrected chi connectivity index (χ0v) is 14.9. The Morgan fingerprint density at radius 1 is 1.08 bits per heavy atom. The third-order valence-electron chi connectivity index (χ3n) is 6.12. The molecule has 5 nitrogen and oxygen atoms in total. The largest absolute Gasteiger partial charge is 0.356 e. The summed E-state index contributed by atoms with van der Waals surface area (Å²) in [6, 6.07) is 14.7. The first-order valence-corrected chi connectivity index (χ1v) is 9.59. The van der Waals surface area contributed by atoms with Gasteiger partial charge >= 0.3 is 6.03 Å². The highest BCUT2D eigenvalue weighted by molar-refractivity contribution is 5.95. The van der Waals surface area contributed by atoms with Gasteiger partial charge in [0.25, 0.3) is 0 Å². The number of pyridine rings is 1. The van der Waals surface area contributed by atoms with Crippen LogP contribution in [-0.2, 0) is 5.41 Å². The average molecular weight is 348 g/mol. The lowest BCUT2D eigenvalue weighted by Crippen LogP contribution is -2.49. The van der Waals surface area contributed by atoms with E-state index in [0.29, 0.717) is 0 Å². The lowest BCUT2D eigenvalue weighted by atomic mass is 9.99. The van der Waals surface area contributed by atoms with Crippen molar-refractivity contribution in [2.24, 2.45) is 0 Å². The Hall–Kier alpha value is -2.56. The second kappa shape index (κ2) is 6.01. The van der Waals surface area contributed by atoms with Gasteiger partial charge in [-0.1, -0.05) is 24.3 Å². The molecule has 2 fully saturated rings. The van der Waals surface area contributed by atoms with Crippen molar-refractivity contribution < 1.29 is 4.79 Å². The fourth-order valence-corrected chi connectivity index (χ4v) is 4.44. The van der Waals surface area contributed by atoms with Gasteiger partial charge < -0.3 is 10.2 Å². The number of para-hydroxylation sites is 1. The Morgan fingerprint density at radius 2 is 1.85 bits per heavy atom. The van der Waals surface area contributed by atoms with Crippen LogP contribution in [0.3, 0.4) is 0 Å². The van der Waals surface area contributed by atoms with E-state index in [1.165, 1.54) is 18.4 Å². The maximum atomic E-state index is 12.9. The van der Waals surface area contributed by atoms with E-state index < -0.39 is 0 Å². The summed E-state index contributed by atoms with van der Waals surface area (Å²) in [5.41, 5.74) is 2.71. The average Bonchev–Trinajstić information content (AvgIpc) is 3.40. The summed E-state index contributed by atoms with van der Waals surface area (Å²) in [6.07, 6.45) is 6.17. The molecule has 3 aliphatic rings. The lowest BCUT2D eigenvalue weighted by Gasteiger charge is -2.34. The molecule has 0 atom stereocenters. The number of aromatic nitrogens is 1. The number of hydrogen-bond donors (Lipinski definition) is 1. The van der Waals surface area contributed by atoms with E-state index in [1.807, 2.05) is 29.3 Å². The summed E-state index contributed by atoms with van der Waals surface area (Å²) in [7, 11) is 0. The monoisotopic (exact) mass is 348 g/mol. The fourth-order valence-electron chi connectivity index (χ4n) is 4.44. The molecule has 2 amide bonds. The Morgan fingerprint density at radius 3 is 2.58 bits per heavy atom. The minimum atomic E-state index is 0.0671. The molecule has 1 spiro atoms. The van der Waals surface area contributed by atoms with Crippen molar-refractivity contribution in [2.45, 2.75) is 37.1 Å². The molecule has 0 radical (unpaired) electrons. The van der Waals surface area contributed by atoms with Crippen LogP contribution in [0.25, 0.3) is 0 Å². The van der Waals surface area contributed by atoms with Gasteiger partial charge in [0, 0.05) is 43.0 Å². The number of urea groups is 1. The molecule has 26 heavy (non-hydrogen) atoms. The van der Waals surface area contributed by atoms with E-state index in [4.69, 9.17) is 0 Å². The van der Waals surface area contributed by atoms with Gasteiger partial charge in [0.1, 0.15) is 5.82 Å². The molecule has 0 bridgehead atoms. The van der Waals surface area contributed by atoms with Crippen LogP contribution in [0.2, 0.25) is 0 Å². The number of piperidine rings is 1. The number of fused-ring (bicyclic) bond motifs is 2. The highest BCUT2D eigenvalue weighted by atomic mass is 16.2. The van der Waals surface area contributed by atoms with Gasteiger partial charge in [0.2, 0.25) is 0 Å². The molecule has 2 aliphatic heterocycles.